The summed E-state index contributed by atoms with van der Waals surface area (Å²) in [6.45, 7) is 6.57. The molecule has 0 aliphatic carbocycles. The van der Waals surface area contributed by atoms with Crippen molar-refractivity contribution in [2.75, 3.05) is 6.61 Å². The molecule has 0 heterocycles. The van der Waals surface area contributed by atoms with Gasteiger partial charge in [-0.1, -0.05) is 32.9 Å². The monoisotopic (exact) mass is 182 g/mol. The predicted octanol–water partition coefficient (Wildman–Crippen LogP) is 1.01. The van der Waals surface area contributed by atoms with E-state index < -0.39 is 8.65 Å². The molecule has 0 rings (SSSR count). The van der Waals surface area contributed by atoms with Crippen LogP contribution in [0.4, 0.5) is 0 Å². The Morgan fingerprint density at radius 3 is 2.58 bits per heavy atom. The first-order valence-corrected chi connectivity index (χ1v) is 5.34. The smallest absolute Gasteiger partial charge is 0.231 e. The van der Waals surface area contributed by atoms with Crippen LogP contribution in [-0.2, 0) is 9.22 Å². The zero-order valence-electron chi connectivity index (χ0n) is 7.81. The minimum Gasteiger partial charge on any atom is -0.540 e. The zero-order valence-corrected chi connectivity index (χ0v) is 8.81. The lowest BCUT2D eigenvalue weighted by atomic mass is 10.3. The zero-order chi connectivity index (χ0) is 9.61. The molecule has 0 aliphatic rings. The highest BCUT2D eigenvalue weighted by Crippen LogP contribution is 2.22. The molecule has 0 amide bonds. The average molecular weight is 182 g/mol. The molecule has 0 spiro atoms. The first-order chi connectivity index (χ1) is 5.48. The van der Waals surface area contributed by atoms with Gasteiger partial charge in [-0.3, -0.25) is 4.79 Å². The van der Waals surface area contributed by atoms with Gasteiger partial charge in [0.05, 0.1) is 0 Å². The van der Waals surface area contributed by atoms with E-state index in [0.29, 0.717) is 12.9 Å². The topological polar surface area (TPSA) is 26.3 Å². The Balaban J connectivity index is 3.80. The molecule has 12 heavy (non-hydrogen) atoms. The Morgan fingerprint density at radius 2 is 2.17 bits per heavy atom. The van der Waals surface area contributed by atoms with Gasteiger partial charge in [-0.2, -0.15) is 0 Å². The molecular weight excluding hydrogens is 168 g/mol. The van der Waals surface area contributed by atoms with Gasteiger partial charge in [0.2, 0.25) is 8.65 Å². The fourth-order valence-electron chi connectivity index (χ4n) is 0.423. The SMILES string of the molecule is C=[Si](OCC#CC=O)C(C)(C)C. The summed E-state index contributed by atoms with van der Waals surface area (Å²) in [5.41, 5.74) is 0. The number of rotatable bonds is 2. The minimum absolute atomic E-state index is 0.119. The van der Waals surface area contributed by atoms with Gasteiger partial charge in [0.1, 0.15) is 6.61 Å². The molecule has 0 aliphatic heterocycles. The van der Waals surface area contributed by atoms with Crippen molar-refractivity contribution in [2.24, 2.45) is 0 Å². The van der Waals surface area contributed by atoms with E-state index >= 15 is 0 Å². The Bertz CT molecular complexity index is 227. The molecule has 0 bridgehead atoms. The van der Waals surface area contributed by atoms with Gasteiger partial charge < -0.3 is 4.43 Å². The molecule has 0 aromatic carbocycles. The van der Waals surface area contributed by atoms with Crippen molar-refractivity contribution in [3.8, 4) is 11.8 Å². The third-order valence-electron chi connectivity index (χ3n) is 1.32. The normalized spacial score (nSPS) is 9.58. The predicted molar refractivity (Wildman–Crippen MR) is 52.4 cm³/mol. The first-order valence-electron chi connectivity index (χ1n) is 3.72. The quantitative estimate of drug-likeness (QED) is 0.362. The van der Waals surface area contributed by atoms with E-state index in [4.69, 9.17) is 4.43 Å². The minimum atomic E-state index is -1.05. The van der Waals surface area contributed by atoms with E-state index in [9.17, 15) is 4.79 Å². The number of carbonyl (C=O) groups excluding carboxylic acids is 1. The van der Waals surface area contributed by atoms with Gasteiger partial charge >= 0.3 is 0 Å². The highest BCUT2D eigenvalue weighted by Gasteiger charge is 2.17. The number of aldehydes is 1. The summed E-state index contributed by atoms with van der Waals surface area (Å²) in [6, 6.07) is 0. The van der Waals surface area contributed by atoms with E-state index in [2.05, 4.69) is 38.8 Å². The molecule has 0 N–H and O–H groups in total. The van der Waals surface area contributed by atoms with Crippen LogP contribution >= 0.6 is 0 Å². The molecule has 66 valence electrons. The van der Waals surface area contributed by atoms with E-state index in [0.717, 1.165) is 0 Å². The highest BCUT2D eigenvalue weighted by atomic mass is 28.3. The van der Waals surface area contributed by atoms with Gasteiger partial charge in [-0.05, 0) is 5.92 Å². The summed E-state index contributed by atoms with van der Waals surface area (Å²) in [7, 11) is -1.05. The number of hydrogen-bond donors (Lipinski definition) is 0. The van der Waals surface area contributed by atoms with Crippen LogP contribution in [0.1, 0.15) is 20.8 Å². The second-order valence-corrected chi connectivity index (χ2v) is 6.04. The molecule has 0 saturated carbocycles. The molecule has 0 unspecified atom stereocenters. The summed E-state index contributed by atoms with van der Waals surface area (Å²) in [6.07, 6.45) is 4.50. The summed E-state index contributed by atoms with van der Waals surface area (Å²) < 4.78 is 5.37. The van der Waals surface area contributed by atoms with Crippen molar-refractivity contribution in [1.29, 1.82) is 0 Å². The van der Waals surface area contributed by atoms with Gasteiger partial charge in [-0.15, -0.1) is 0 Å². The van der Waals surface area contributed by atoms with Gasteiger partial charge in [-0.25, -0.2) is 0 Å². The van der Waals surface area contributed by atoms with Crippen LogP contribution in [0.2, 0.25) is 5.04 Å². The highest BCUT2D eigenvalue weighted by molar-refractivity contribution is 6.58. The molecule has 0 fully saturated rings. The summed E-state index contributed by atoms with van der Waals surface area (Å²) >= 11 is 0. The van der Waals surface area contributed by atoms with Crippen LogP contribution in [0.15, 0.2) is 0 Å². The molecule has 0 atom stereocenters. The maximum atomic E-state index is 9.81. The molecule has 0 aromatic rings. The summed E-state index contributed by atoms with van der Waals surface area (Å²) in [5, 5.41) is 0.119. The average Bonchev–Trinajstić information content (AvgIpc) is 1.96. The van der Waals surface area contributed by atoms with Crippen LogP contribution < -0.4 is 0 Å². The van der Waals surface area contributed by atoms with E-state index in [1.165, 1.54) is 0 Å². The van der Waals surface area contributed by atoms with E-state index in [-0.39, 0.29) is 5.04 Å². The van der Waals surface area contributed by atoms with Gasteiger partial charge in [0, 0.05) is 5.04 Å². The van der Waals surface area contributed by atoms with Crippen molar-refractivity contribution in [2.45, 2.75) is 25.8 Å². The lowest BCUT2D eigenvalue weighted by molar-refractivity contribution is -0.103. The van der Waals surface area contributed by atoms with Crippen LogP contribution in [0, 0.1) is 11.8 Å². The molecule has 0 aromatic heterocycles. The lowest BCUT2D eigenvalue weighted by Crippen LogP contribution is -2.20. The van der Waals surface area contributed by atoms with Crippen molar-refractivity contribution in [3.05, 3.63) is 0 Å². The second kappa shape index (κ2) is 4.89. The Kier molecular flexibility index (Phi) is 4.53. The molecule has 0 radical (unpaired) electrons. The second-order valence-electron chi connectivity index (χ2n) is 3.40. The molecular formula is C9H14O2Si. The Morgan fingerprint density at radius 1 is 1.58 bits per heavy atom. The summed E-state index contributed by atoms with van der Waals surface area (Å²) in [4.78, 5) is 9.81. The van der Waals surface area contributed by atoms with Crippen LogP contribution in [-0.4, -0.2) is 27.7 Å². The van der Waals surface area contributed by atoms with Crippen molar-refractivity contribution in [3.63, 3.8) is 0 Å². The fraction of sp³-hybridized carbons (Fsp3) is 0.556. The van der Waals surface area contributed by atoms with Crippen LogP contribution in [0.25, 0.3) is 0 Å². The number of carbonyl (C=O) groups is 1. The van der Waals surface area contributed by atoms with Gasteiger partial charge in [0.15, 0.2) is 6.29 Å². The molecule has 2 nitrogen and oxygen atoms in total. The van der Waals surface area contributed by atoms with E-state index in [1.807, 2.05) is 0 Å². The Hall–Kier alpha value is -0.883. The van der Waals surface area contributed by atoms with Crippen LogP contribution in [0.3, 0.4) is 0 Å². The fourth-order valence-corrected chi connectivity index (χ4v) is 1.10. The maximum Gasteiger partial charge on any atom is 0.231 e. The van der Waals surface area contributed by atoms with Crippen molar-refractivity contribution < 1.29 is 9.22 Å². The standard InChI is InChI=1S/C9H14O2Si/c1-9(2,3)12(4)11-8-6-5-7-10/h7H,4,8H2,1-3H3. The molecule has 3 heteroatoms. The maximum absolute atomic E-state index is 9.81. The first kappa shape index (κ1) is 11.1. The summed E-state index contributed by atoms with van der Waals surface area (Å²) in [5.74, 6) is 4.87. The van der Waals surface area contributed by atoms with Crippen LogP contribution in [0.5, 0.6) is 0 Å². The van der Waals surface area contributed by atoms with Crippen molar-refractivity contribution >= 4 is 21.1 Å². The van der Waals surface area contributed by atoms with E-state index in [1.54, 1.807) is 0 Å². The molecule has 0 saturated heterocycles. The third-order valence-corrected chi connectivity index (χ3v) is 3.48. The van der Waals surface area contributed by atoms with Crippen molar-refractivity contribution in [1.82, 2.24) is 0 Å². The lowest BCUT2D eigenvalue weighted by Gasteiger charge is -2.19. The number of hydrogen-bond acceptors (Lipinski definition) is 2. The Labute approximate surface area is 75.3 Å². The third kappa shape index (κ3) is 4.86. The largest absolute Gasteiger partial charge is 0.540 e. The van der Waals surface area contributed by atoms with Gasteiger partial charge in [0.25, 0.3) is 0 Å².